The molecule has 86 valence electrons. The summed E-state index contributed by atoms with van der Waals surface area (Å²) in [6.45, 7) is 6.37. The number of ether oxygens (including phenoxy) is 2. The number of hydrogen-bond acceptors (Lipinski definition) is 5. The Morgan fingerprint density at radius 2 is 1.60 bits per heavy atom. The van der Waals surface area contributed by atoms with Crippen LogP contribution in [0.25, 0.3) is 0 Å². The molecular formula is C10H16O5. The van der Waals surface area contributed by atoms with Gasteiger partial charge in [-0.3, -0.25) is 9.59 Å². The van der Waals surface area contributed by atoms with Gasteiger partial charge in [-0.25, -0.2) is 0 Å². The molecule has 1 aliphatic rings. The van der Waals surface area contributed by atoms with Gasteiger partial charge in [0.15, 0.2) is 5.92 Å². The molecule has 1 heterocycles. The molecule has 0 bridgehead atoms. The van der Waals surface area contributed by atoms with Crippen LogP contribution in [-0.4, -0.2) is 28.9 Å². The lowest BCUT2D eigenvalue weighted by atomic mass is 9.92. The van der Waals surface area contributed by atoms with E-state index in [-0.39, 0.29) is 5.92 Å². The molecule has 1 atom stereocenters. The van der Waals surface area contributed by atoms with E-state index < -0.39 is 29.7 Å². The smallest absolute Gasteiger partial charge is 0.326 e. The summed E-state index contributed by atoms with van der Waals surface area (Å²) >= 11 is 0. The fraction of sp³-hybridized carbons (Fsp3) is 0.800. The molecule has 5 heteroatoms. The van der Waals surface area contributed by atoms with Crippen molar-refractivity contribution in [3.05, 3.63) is 0 Å². The normalized spacial score (nSPS) is 23.6. The largest absolute Gasteiger partial charge is 0.422 e. The first kappa shape index (κ1) is 12.0. The molecular weight excluding hydrogens is 200 g/mol. The molecule has 1 fully saturated rings. The highest BCUT2D eigenvalue weighted by atomic mass is 16.7. The van der Waals surface area contributed by atoms with Crippen molar-refractivity contribution >= 4 is 11.9 Å². The summed E-state index contributed by atoms with van der Waals surface area (Å²) < 4.78 is 9.77. The predicted octanol–water partition coefficient (Wildman–Crippen LogP) is 0.456. The standard InChI is InChI=1S/C10H16O5/c1-5(2)7(11)6-8(12)14-10(3,4)15-9(6)13/h5-7,11H,1-4H3. The Balaban J connectivity index is 2.84. The van der Waals surface area contributed by atoms with Crippen LogP contribution in [0.1, 0.15) is 27.7 Å². The van der Waals surface area contributed by atoms with Crippen LogP contribution in [0, 0.1) is 11.8 Å². The molecule has 1 unspecified atom stereocenters. The van der Waals surface area contributed by atoms with Gasteiger partial charge in [0, 0.05) is 13.8 Å². The molecule has 0 radical (unpaired) electrons. The zero-order valence-corrected chi connectivity index (χ0v) is 9.31. The van der Waals surface area contributed by atoms with Gasteiger partial charge in [0.2, 0.25) is 0 Å². The molecule has 1 N–H and O–H groups in total. The number of aliphatic hydroxyl groups is 1. The summed E-state index contributed by atoms with van der Waals surface area (Å²) in [6, 6.07) is 0. The Labute approximate surface area is 88.4 Å². The molecule has 0 aromatic heterocycles. The maximum atomic E-state index is 11.5. The van der Waals surface area contributed by atoms with E-state index in [4.69, 9.17) is 9.47 Å². The van der Waals surface area contributed by atoms with E-state index in [0.717, 1.165) is 0 Å². The minimum absolute atomic E-state index is 0.212. The molecule has 1 aliphatic heterocycles. The second kappa shape index (κ2) is 3.81. The summed E-state index contributed by atoms with van der Waals surface area (Å²) in [5, 5.41) is 9.66. The minimum atomic E-state index is -1.23. The van der Waals surface area contributed by atoms with Crippen molar-refractivity contribution in [1.82, 2.24) is 0 Å². The van der Waals surface area contributed by atoms with Gasteiger partial charge in [-0.15, -0.1) is 0 Å². The van der Waals surface area contributed by atoms with Crippen molar-refractivity contribution in [1.29, 1.82) is 0 Å². The zero-order chi connectivity index (χ0) is 11.8. The van der Waals surface area contributed by atoms with E-state index in [9.17, 15) is 14.7 Å². The van der Waals surface area contributed by atoms with Crippen molar-refractivity contribution < 1.29 is 24.2 Å². The number of aliphatic hydroxyl groups excluding tert-OH is 1. The first-order chi connectivity index (χ1) is 6.74. The summed E-state index contributed by atoms with van der Waals surface area (Å²) in [5.74, 6) is -4.12. The van der Waals surface area contributed by atoms with Gasteiger partial charge in [-0.05, 0) is 5.92 Å². The molecule has 0 spiro atoms. The van der Waals surface area contributed by atoms with Crippen LogP contribution < -0.4 is 0 Å². The van der Waals surface area contributed by atoms with Gasteiger partial charge in [0.25, 0.3) is 5.79 Å². The van der Waals surface area contributed by atoms with Crippen LogP contribution in [0.3, 0.4) is 0 Å². The van der Waals surface area contributed by atoms with Gasteiger partial charge in [-0.2, -0.15) is 0 Å². The maximum Gasteiger partial charge on any atom is 0.326 e. The molecule has 1 saturated heterocycles. The average molecular weight is 216 g/mol. The molecule has 0 aromatic carbocycles. The van der Waals surface area contributed by atoms with E-state index in [1.165, 1.54) is 13.8 Å². The van der Waals surface area contributed by atoms with Crippen molar-refractivity contribution in [3.8, 4) is 0 Å². The van der Waals surface area contributed by atoms with Crippen LogP contribution >= 0.6 is 0 Å². The van der Waals surface area contributed by atoms with Crippen LogP contribution in [0.2, 0.25) is 0 Å². The average Bonchev–Trinajstić information content (AvgIpc) is 1.99. The third-order valence-corrected chi connectivity index (χ3v) is 2.23. The second-order valence-corrected chi connectivity index (χ2v) is 4.45. The number of hydrogen-bond donors (Lipinski definition) is 1. The zero-order valence-electron chi connectivity index (χ0n) is 9.31. The van der Waals surface area contributed by atoms with Gasteiger partial charge < -0.3 is 14.6 Å². The Morgan fingerprint density at radius 1 is 1.20 bits per heavy atom. The van der Waals surface area contributed by atoms with Crippen LogP contribution in [0.5, 0.6) is 0 Å². The molecule has 0 amide bonds. The second-order valence-electron chi connectivity index (χ2n) is 4.45. The molecule has 15 heavy (non-hydrogen) atoms. The van der Waals surface area contributed by atoms with Gasteiger partial charge >= 0.3 is 11.9 Å². The van der Waals surface area contributed by atoms with Crippen molar-refractivity contribution in [3.63, 3.8) is 0 Å². The summed E-state index contributed by atoms with van der Waals surface area (Å²) in [7, 11) is 0. The van der Waals surface area contributed by atoms with Gasteiger partial charge in [0.1, 0.15) is 0 Å². The monoisotopic (exact) mass is 216 g/mol. The lowest BCUT2D eigenvalue weighted by Gasteiger charge is -2.35. The van der Waals surface area contributed by atoms with E-state index in [1.54, 1.807) is 13.8 Å². The topological polar surface area (TPSA) is 72.8 Å². The quantitative estimate of drug-likeness (QED) is 0.536. The van der Waals surface area contributed by atoms with Crippen molar-refractivity contribution in [2.75, 3.05) is 0 Å². The fourth-order valence-electron chi connectivity index (χ4n) is 1.39. The number of cyclic esters (lactones) is 2. The first-order valence-electron chi connectivity index (χ1n) is 4.88. The van der Waals surface area contributed by atoms with Crippen LogP contribution in [0.15, 0.2) is 0 Å². The van der Waals surface area contributed by atoms with Crippen molar-refractivity contribution in [2.45, 2.75) is 39.6 Å². The van der Waals surface area contributed by atoms with Crippen LogP contribution in [-0.2, 0) is 19.1 Å². The Morgan fingerprint density at radius 3 is 1.93 bits per heavy atom. The minimum Gasteiger partial charge on any atom is -0.422 e. The summed E-state index contributed by atoms with van der Waals surface area (Å²) in [5.41, 5.74) is 0. The van der Waals surface area contributed by atoms with E-state index in [1.807, 2.05) is 0 Å². The Bertz CT molecular complexity index is 262. The predicted molar refractivity (Wildman–Crippen MR) is 50.6 cm³/mol. The highest BCUT2D eigenvalue weighted by Crippen LogP contribution is 2.27. The van der Waals surface area contributed by atoms with Crippen LogP contribution in [0.4, 0.5) is 0 Å². The highest BCUT2D eigenvalue weighted by molar-refractivity contribution is 5.97. The Kier molecular flexibility index (Phi) is 3.04. The fourth-order valence-corrected chi connectivity index (χ4v) is 1.39. The number of esters is 2. The third-order valence-electron chi connectivity index (χ3n) is 2.23. The molecule has 0 saturated carbocycles. The molecule has 0 aromatic rings. The van der Waals surface area contributed by atoms with E-state index >= 15 is 0 Å². The lowest BCUT2D eigenvalue weighted by molar-refractivity contribution is -0.245. The molecule has 1 rings (SSSR count). The third kappa shape index (κ3) is 2.47. The number of rotatable bonds is 2. The molecule has 0 aliphatic carbocycles. The lowest BCUT2D eigenvalue weighted by Crippen LogP contribution is -2.51. The van der Waals surface area contributed by atoms with Gasteiger partial charge in [0.05, 0.1) is 6.10 Å². The van der Waals surface area contributed by atoms with Crippen molar-refractivity contribution in [2.24, 2.45) is 11.8 Å². The molecule has 5 nitrogen and oxygen atoms in total. The first-order valence-corrected chi connectivity index (χ1v) is 4.88. The number of carbonyl (C=O) groups is 2. The van der Waals surface area contributed by atoms with E-state index in [2.05, 4.69) is 0 Å². The van der Waals surface area contributed by atoms with E-state index in [0.29, 0.717) is 0 Å². The Hall–Kier alpha value is -1.10. The number of carbonyl (C=O) groups excluding carboxylic acids is 2. The highest BCUT2D eigenvalue weighted by Gasteiger charge is 2.47. The summed E-state index contributed by atoms with van der Waals surface area (Å²) in [4.78, 5) is 23.0. The van der Waals surface area contributed by atoms with Gasteiger partial charge in [-0.1, -0.05) is 13.8 Å². The SMILES string of the molecule is CC(C)C(O)C1C(=O)OC(C)(C)OC1=O. The maximum absolute atomic E-state index is 11.5. The summed E-state index contributed by atoms with van der Waals surface area (Å²) in [6.07, 6.45) is -1.07.